The molecular formula is C47H35N3. The van der Waals surface area contributed by atoms with Crippen LogP contribution in [0.5, 0.6) is 0 Å². The Kier molecular flexibility index (Phi) is 8.38. The Hall–Kier alpha value is -6.45. The first kappa shape index (κ1) is 30.9. The van der Waals surface area contributed by atoms with E-state index < -0.39 is 0 Å². The SMILES string of the molecule is Cc1cccc(-c2cc(-c3cccc(-c4ccccc4)c3)cc(-c3cccc(-c4nc(C)nc(-c5ccc(-c6ccccc6)cc5)n4)c3)c2)c1. The lowest BCUT2D eigenvalue weighted by Crippen LogP contribution is -1.99. The highest BCUT2D eigenvalue weighted by Gasteiger charge is 2.13. The van der Waals surface area contributed by atoms with E-state index >= 15 is 0 Å². The molecule has 0 amide bonds. The number of nitrogens with zero attached hydrogens (tertiary/aromatic N) is 3. The second-order valence-electron chi connectivity index (χ2n) is 12.7. The molecule has 0 radical (unpaired) electrons. The molecule has 0 unspecified atom stereocenters. The maximum atomic E-state index is 4.97. The first-order valence-electron chi connectivity index (χ1n) is 16.9. The number of hydrogen-bond donors (Lipinski definition) is 0. The highest BCUT2D eigenvalue weighted by Crippen LogP contribution is 2.36. The summed E-state index contributed by atoms with van der Waals surface area (Å²) >= 11 is 0. The third-order valence-electron chi connectivity index (χ3n) is 9.04. The van der Waals surface area contributed by atoms with Crippen molar-refractivity contribution in [3.8, 4) is 78.4 Å². The minimum absolute atomic E-state index is 0.659. The van der Waals surface area contributed by atoms with E-state index in [-0.39, 0.29) is 0 Å². The Morgan fingerprint density at radius 2 is 0.620 bits per heavy atom. The third kappa shape index (κ3) is 6.63. The summed E-state index contributed by atoms with van der Waals surface area (Å²) in [6.07, 6.45) is 0. The smallest absolute Gasteiger partial charge is 0.163 e. The molecule has 0 saturated carbocycles. The van der Waals surface area contributed by atoms with E-state index in [1.807, 2.05) is 13.0 Å². The third-order valence-corrected chi connectivity index (χ3v) is 9.04. The number of rotatable bonds is 7. The van der Waals surface area contributed by atoms with Crippen molar-refractivity contribution in [2.75, 3.05) is 0 Å². The Balaban J connectivity index is 1.19. The molecular weight excluding hydrogens is 607 g/mol. The lowest BCUT2D eigenvalue weighted by atomic mass is 9.91. The topological polar surface area (TPSA) is 38.7 Å². The van der Waals surface area contributed by atoms with Gasteiger partial charge >= 0.3 is 0 Å². The van der Waals surface area contributed by atoms with E-state index in [1.54, 1.807) is 0 Å². The molecule has 3 heteroatoms. The molecule has 0 N–H and O–H groups in total. The summed E-state index contributed by atoms with van der Waals surface area (Å²) in [7, 11) is 0. The molecule has 0 fully saturated rings. The minimum Gasteiger partial charge on any atom is -0.213 e. The molecule has 7 aromatic carbocycles. The fourth-order valence-electron chi connectivity index (χ4n) is 6.48. The molecule has 0 aliphatic heterocycles. The summed E-state index contributed by atoms with van der Waals surface area (Å²) in [6, 6.07) is 62.3. The van der Waals surface area contributed by atoms with Crippen LogP contribution in [0.1, 0.15) is 11.4 Å². The maximum absolute atomic E-state index is 4.97. The van der Waals surface area contributed by atoms with Crippen molar-refractivity contribution in [1.29, 1.82) is 0 Å². The predicted molar refractivity (Wildman–Crippen MR) is 207 cm³/mol. The summed E-state index contributed by atoms with van der Waals surface area (Å²) in [4.78, 5) is 14.5. The molecule has 8 aromatic rings. The monoisotopic (exact) mass is 641 g/mol. The molecule has 1 heterocycles. The zero-order valence-corrected chi connectivity index (χ0v) is 28.1. The number of aromatic nitrogens is 3. The van der Waals surface area contributed by atoms with Gasteiger partial charge in [0.25, 0.3) is 0 Å². The maximum Gasteiger partial charge on any atom is 0.163 e. The van der Waals surface area contributed by atoms with Crippen molar-refractivity contribution >= 4 is 0 Å². The first-order chi connectivity index (χ1) is 24.6. The van der Waals surface area contributed by atoms with Gasteiger partial charge in [-0.15, -0.1) is 0 Å². The van der Waals surface area contributed by atoms with Gasteiger partial charge in [0.2, 0.25) is 0 Å². The van der Waals surface area contributed by atoms with Crippen LogP contribution in [-0.4, -0.2) is 15.0 Å². The van der Waals surface area contributed by atoms with Crippen molar-refractivity contribution in [3.63, 3.8) is 0 Å². The fraction of sp³-hybridized carbons (Fsp3) is 0.0426. The van der Waals surface area contributed by atoms with Gasteiger partial charge in [0.1, 0.15) is 5.82 Å². The van der Waals surface area contributed by atoms with E-state index in [9.17, 15) is 0 Å². The second kappa shape index (κ2) is 13.6. The predicted octanol–water partition coefficient (Wildman–Crippen LogP) is 12.2. The van der Waals surface area contributed by atoms with Gasteiger partial charge in [-0.3, -0.25) is 0 Å². The zero-order chi connectivity index (χ0) is 33.9. The van der Waals surface area contributed by atoms with Crippen molar-refractivity contribution in [3.05, 3.63) is 187 Å². The molecule has 3 nitrogen and oxygen atoms in total. The van der Waals surface area contributed by atoms with Crippen LogP contribution < -0.4 is 0 Å². The molecule has 0 aliphatic carbocycles. The Bertz CT molecular complexity index is 2430. The van der Waals surface area contributed by atoms with Crippen LogP contribution in [0.4, 0.5) is 0 Å². The molecule has 0 bridgehead atoms. The highest BCUT2D eigenvalue weighted by molar-refractivity contribution is 5.84. The Morgan fingerprint density at radius 1 is 0.260 bits per heavy atom. The van der Waals surface area contributed by atoms with Gasteiger partial charge in [-0.25, -0.2) is 15.0 Å². The van der Waals surface area contributed by atoms with E-state index in [0.29, 0.717) is 17.5 Å². The van der Waals surface area contributed by atoms with Crippen molar-refractivity contribution in [2.45, 2.75) is 13.8 Å². The minimum atomic E-state index is 0.659. The van der Waals surface area contributed by atoms with Crippen molar-refractivity contribution in [2.24, 2.45) is 0 Å². The lowest BCUT2D eigenvalue weighted by molar-refractivity contribution is 0.992. The number of aryl methyl sites for hydroxylation is 2. The van der Waals surface area contributed by atoms with Crippen LogP contribution in [-0.2, 0) is 0 Å². The molecule has 1 aromatic heterocycles. The van der Waals surface area contributed by atoms with Gasteiger partial charge < -0.3 is 0 Å². The van der Waals surface area contributed by atoms with Crippen LogP contribution in [0.25, 0.3) is 78.4 Å². The lowest BCUT2D eigenvalue weighted by Gasteiger charge is -2.13. The van der Waals surface area contributed by atoms with E-state index in [0.717, 1.165) is 27.8 Å². The fourth-order valence-corrected chi connectivity index (χ4v) is 6.48. The summed E-state index contributed by atoms with van der Waals surface area (Å²) in [5.41, 5.74) is 14.8. The standard InChI is InChI=1S/C47H35N3/c1-32-12-9-17-38(26-32)43-29-44(40-19-10-18-39(27-40)35-15-7-4-8-16-35)31-45(30-43)41-20-11-21-42(28-41)47-49-33(2)48-46(50-47)37-24-22-36(23-25-37)34-13-5-3-6-14-34/h3-31H,1-2H3. The largest absolute Gasteiger partial charge is 0.213 e. The summed E-state index contributed by atoms with van der Waals surface area (Å²) in [6.45, 7) is 4.07. The molecule has 238 valence electrons. The molecule has 8 rings (SSSR count). The number of benzene rings is 7. The summed E-state index contributed by atoms with van der Waals surface area (Å²) in [5, 5.41) is 0. The van der Waals surface area contributed by atoms with Gasteiger partial charge in [0.05, 0.1) is 0 Å². The highest BCUT2D eigenvalue weighted by atomic mass is 15.0. The summed E-state index contributed by atoms with van der Waals surface area (Å²) in [5.74, 6) is 2.01. The van der Waals surface area contributed by atoms with Crippen LogP contribution in [0.2, 0.25) is 0 Å². The summed E-state index contributed by atoms with van der Waals surface area (Å²) < 4.78 is 0. The van der Waals surface area contributed by atoms with Gasteiger partial charge in [0, 0.05) is 11.1 Å². The number of hydrogen-bond acceptors (Lipinski definition) is 3. The van der Waals surface area contributed by atoms with E-state index in [1.165, 1.54) is 44.5 Å². The normalized spacial score (nSPS) is 11.0. The quantitative estimate of drug-likeness (QED) is 0.174. The van der Waals surface area contributed by atoms with Crippen LogP contribution in [0.15, 0.2) is 176 Å². The molecule has 50 heavy (non-hydrogen) atoms. The zero-order valence-electron chi connectivity index (χ0n) is 28.1. The van der Waals surface area contributed by atoms with Crippen molar-refractivity contribution in [1.82, 2.24) is 15.0 Å². The first-order valence-corrected chi connectivity index (χ1v) is 16.9. The molecule has 0 atom stereocenters. The van der Waals surface area contributed by atoms with E-state index in [2.05, 4.69) is 177 Å². The van der Waals surface area contributed by atoms with Crippen molar-refractivity contribution < 1.29 is 0 Å². The van der Waals surface area contributed by atoms with Gasteiger partial charge in [0.15, 0.2) is 11.6 Å². The van der Waals surface area contributed by atoms with Gasteiger partial charge in [-0.2, -0.15) is 0 Å². The van der Waals surface area contributed by atoms with Crippen LogP contribution in [0.3, 0.4) is 0 Å². The van der Waals surface area contributed by atoms with Gasteiger partial charge in [-0.1, -0.05) is 151 Å². The average Bonchev–Trinajstić information content (AvgIpc) is 3.18. The molecule has 0 spiro atoms. The second-order valence-corrected chi connectivity index (χ2v) is 12.7. The van der Waals surface area contributed by atoms with Gasteiger partial charge in [-0.05, 0) is 99.8 Å². The Labute approximate surface area is 293 Å². The molecule has 0 aliphatic rings. The Morgan fingerprint density at radius 3 is 1.18 bits per heavy atom. The van der Waals surface area contributed by atoms with Crippen LogP contribution >= 0.6 is 0 Å². The molecule has 0 saturated heterocycles. The average molecular weight is 642 g/mol. The van der Waals surface area contributed by atoms with E-state index in [4.69, 9.17) is 15.0 Å². The van der Waals surface area contributed by atoms with Crippen LogP contribution in [0, 0.1) is 13.8 Å².